The number of alkyl halides is 1. The highest BCUT2D eigenvalue weighted by Crippen LogP contribution is 2.48. The van der Waals surface area contributed by atoms with Crippen LogP contribution in [0.1, 0.15) is 37.5 Å². The zero-order chi connectivity index (χ0) is 30.9. The van der Waals surface area contributed by atoms with Gasteiger partial charge in [-0.15, -0.1) is 23.4 Å². The van der Waals surface area contributed by atoms with Crippen molar-refractivity contribution in [3.8, 4) is 0 Å². The minimum Gasteiger partial charge on any atom is -0.444 e. The highest BCUT2D eigenvalue weighted by molar-refractivity contribution is 8.00. The van der Waals surface area contributed by atoms with E-state index in [1.165, 1.54) is 0 Å². The number of carbonyl (C=O) groups is 2. The fraction of sp³-hybridized carbons (Fsp3) is 0.257. The molecule has 0 bridgehead atoms. The first-order valence-corrected chi connectivity index (χ1v) is 15.9. The number of benzene rings is 4. The molecule has 43 heavy (non-hydrogen) atoms. The standard InChI is InChI=1S/C35H36Cl2N2O3S/c1-34(2,3)42-33(41)38-30(24-39(32(40)23-36)31-21-13-20-29(37)22-31)25-43-35(26-14-7-4-8-15-26,27-16-9-5-10-17-27)28-18-11-6-12-19-28/h4-22,30H,23-25H2,1-3H3,(H,38,41)/t30-/m0/s1. The van der Waals surface area contributed by atoms with E-state index in [1.807, 2.05) is 75.4 Å². The number of ether oxygens (including phenoxy) is 1. The number of halogens is 2. The molecule has 0 radical (unpaired) electrons. The molecule has 4 aromatic carbocycles. The van der Waals surface area contributed by atoms with Crippen LogP contribution in [0.3, 0.4) is 0 Å². The summed E-state index contributed by atoms with van der Waals surface area (Å²) >= 11 is 14.0. The van der Waals surface area contributed by atoms with Crippen molar-refractivity contribution >= 4 is 52.7 Å². The predicted molar refractivity (Wildman–Crippen MR) is 179 cm³/mol. The van der Waals surface area contributed by atoms with Gasteiger partial charge in [-0.1, -0.05) is 109 Å². The summed E-state index contributed by atoms with van der Waals surface area (Å²) < 4.78 is 5.02. The molecule has 0 aliphatic carbocycles. The number of hydrogen-bond acceptors (Lipinski definition) is 4. The molecular weight excluding hydrogens is 599 g/mol. The lowest BCUT2D eigenvalue weighted by atomic mass is 9.84. The van der Waals surface area contributed by atoms with Crippen LogP contribution in [0.4, 0.5) is 10.5 Å². The van der Waals surface area contributed by atoms with Crippen LogP contribution >= 0.6 is 35.0 Å². The van der Waals surface area contributed by atoms with Crippen LogP contribution in [-0.4, -0.2) is 41.8 Å². The number of hydrogen-bond donors (Lipinski definition) is 1. The van der Waals surface area contributed by atoms with Gasteiger partial charge in [-0.2, -0.15) is 0 Å². The first-order chi connectivity index (χ1) is 20.6. The third-order valence-electron chi connectivity index (χ3n) is 6.70. The second-order valence-corrected chi connectivity index (χ2v) is 13.0. The van der Waals surface area contributed by atoms with Crippen LogP contribution in [0, 0.1) is 0 Å². The number of rotatable bonds is 11. The average molecular weight is 636 g/mol. The maximum atomic E-state index is 13.1. The van der Waals surface area contributed by atoms with Crippen LogP contribution in [0.15, 0.2) is 115 Å². The molecule has 1 N–H and O–H groups in total. The molecule has 1 atom stereocenters. The van der Waals surface area contributed by atoms with Gasteiger partial charge in [0.15, 0.2) is 0 Å². The maximum absolute atomic E-state index is 13.1. The van der Waals surface area contributed by atoms with Crippen LogP contribution in [0.25, 0.3) is 0 Å². The molecule has 4 rings (SSSR count). The molecule has 0 heterocycles. The van der Waals surface area contributed by atoms with Gasteiger partial charge in [-0.05, 0) is 55.7 Å². The summed E-state index contributed by atoms with van der Waals surface area (Å²) in [6, 6.07) is 37.5. The Morgan fingerprint density at radius 2 is 1.33 bits per heavy atom. The molecule has 0 aromatic heterocycles. The summed E-state index contributed by atoms with van der Waals surface area (Å²) in [5.74, 6) is -0.0869. The Labute approximate surface area is 268 Å². The molecule has 0 unspecified atom stereocenters. The van der Waals surface area contributed by atoms with E-state index in [9.17, 15) is 9.59 Å². The number of carbonyl (C=O) groups excluding carboxylic acids is 2. The maximum Gasteiger partial charge on any atom is 0.407 e. The molecule has 0 aliphatic rings. The van der Waals surface area contributed by atoms with Crippen molar-refractivity contribution in [2.24, 2.45) is 0 Å². The monoisotopic (exact) mass is 634 g/mol. The van der Waals surface area contributed by atoms with Crippen molar-refractivity contribution < 1.29 is 14.3 Å². The number of anilines is 1. The van der Waals surface area contributed by atoms with Gasteiger partial charge in [0.05, 0.1) is 10.8 Å². The molecular formula is C35H36Cl2N2O3S. The van der Waals surface area contributed by atoms with E-state index in [2.05, 4.69) is 41.7 Å². The summed E-state index contributed by atoms with van der Waals surface area (Å²) in [5, 5.41) is 3.54. The number of amides is 2. The Hall–Kier alpha value is -3.45. The first-order valence-electron chi connectivity index (χ1n) is 14.0. The number of alkyl carbamates (subject to hydrolysis) is 1. The van der Waals surface area contributed by atoms with Crippen LogP contribution in [0.2, 0.25) is 5.02 Å². The first kappa shape index (κ1) is 32.5. The van der Waals surface area contributed by atoms with Gasteiger partial charge < -0.3 is 15.0 Å². The van der Waals surface area contributed by atoms with E-state index in [0.29, 0.717) is 16.5 Å². The molecule has 0 saturated carbocycles. The topological polar surface area (TPSA) is 58.6 Å². The Kier molecular flexibility index (Phi) is 11.2. The lowest BCUT2D eigenvalue weighted by molar-refractivity contribution is -0.116. The van der Waals surface area contributed by atoms with Gasteiger partial charge in [0.25, 0.3) is 0 Å². The van der Waals surface area contributed by atoms with Crippen molar-refractivity contribution in [2.75, 3.05) is 23.1 Å². The van der Waals surface area contributed by atoms with Crippen LogP contribution < -0.4 is 10.2 Å². The second kappa shape index (κ2) is 14.8. The second-order valence-electron chi connectivity index (χ2n) is 11.1. The van der Waals surface area contributed by atoms with E-state index in [0.717, 1.165) is 16.7 Å². The van der Waals surface area contributed by atoms with Crippen molar-refractivity contribution in [3.05, 3.63) is 137 Å². The lowest BCUT2D eigenvalue weighted by Gasteiger charge is -2.37. The highest BCUT2D eigenvalue weighted by Gasteiger charge is 2.38. The fourth-order valence-electron chi connectivity index (χ4n) is 4.90. The van der Waals surface area contributed by atoms with Crippen molar-refractivity contribution in [3.63, 3.8) is 0 Å². The summed E-state index contributed by atoms with van der Waals surface area (Å²) in [4.78, 5) is 27.8. The molecule has 5 nitrogen and oxygen atoms in total. The summed E-state index contributed by atoms with van der Waals surface area (Å²) in [5.41, 5.74) is 3.19. The van der Waals surface area contributed by atoms with E-state index in [4.69, 9.17) is 27.9 Å². The highest BCUT2D eigenvalue weighted by atomic mass is 35.5. The number of thioether (sulfide) groups is 1. The Balaban J connectivity index is 1.78. The predicted octanol–water partition coefficient (Wildman–Crippen LogP) is 8.53. The zero-order valence-corrected chi connectivity index (χ0v) is 26.8. The third-order valence-corrected chi connectivity index (χ3v) is 8.87. The minimum atomic E-state index is -0.692. The largest absolute Gasteiger partial charge is 0.444 e. The van der Waals surface area contributed by atoms with Gasteiger partial charge in [0, 0.05) is 23.0 Å². The SMILES string of the molecule is CC(C)(C)OC(=O)N[C@H](CSC(c1ccccc1)(c1ccccc1)c1ccccc1)CN(C(=O)CCl)c1cccc(Cl)c1. The van der Waals surface area contributed by atoms with Gasteiger partial charge >= 0.3 is 6.09 Å². The van der Waals surface area contributed by atoms with Gasteiger partial charge in [0.1, 0.15) is 11.5 Å². The van der Waals surface area contributed by atoms with Crippen molar-refractivity contribution in [2.45, 2.75) is 37.2 Å². The molecule has 0 saturated heterocycles. The number of nitrogens with zero attached hydrogens (tertiary/aromatic N) is 1. The molecule has 4 aromatic rings. The average Bonchev–Trinajstić information content (AvgIpc) is 3.00. The normalized spacial score (nSPS) is 12.3. The number of nitrogens with one attached hydrogen (secondary N) is 1. The van der Waals surface area contributed by atoms with Crippen LogP contribution in [-0.2, 0) is 14.3 Å². The Morgan fingerprint density at radius 3 is 1.77 bits per heavy atom. The molecule has 0 fully saturated rings. The van der Waals surface area contributed by atoms with E-state index < -0.39 is 22.5 Å². The Morgan fingerprint density at radius 1 is 0.814 bits per heavy atom. The van der Waals surface area contributed by atoms with Crippen molar-refractivity contribution in [1.29, 1.82) is 0 Å². The molecule has 2 amide bonds. The quantitative estimate of drug-likeness (QED) is 0.133. The molecule has 224 valence electrons. The van der Waals surface area contributed by atoms with Gasteiger partial charge in [-0.3, -0.25) is 4.79 Å². The molecule has 8 heteroatoms. The van der Waals surface area contributed by atoms with E-state index >= 15 is 0 Å². The minimum absolute atomic E-state index is 0.159. The summed E-state index contributed by atoms with van der Waals surface area (Å²) in [6.45, 7) is 5.61. The smallest absolute Gasteiger partial charge is 0.407 e. The van der Waals surface area contributed by atoms with Gasteiger partial charge in [0.2, 0.25) is 5.91 Å². The van der Waals surface area contributed by atoms with E-state index in [-0.39, 0.29) is 18.3 Å². The summed E-state index contributed by atoms with van der Waals surface area (Å²) in [6.07, 6.45) is -0.563. The van der Waals surface area contributed by atoms with Crippen LogP contribution in [0.5, 0.6) is 0 Å². The summed E-state index contributed by atoms with van der Waals surface area (Å²) in [7, 11) is 0. The van der Waals surface area contributed by atoms with E-state index in [1.54, 1.807) is 40.9 Å². The van der Waals surface area contributed by atoms with Crippen molar-refractivity contribution in [1.82, 2.24) is 5.32 Å². The molecule has 0 spiro atoms. The molecule has 0 aliphatic heterocycles. The van der Waals surface area contributed by atoms with Gasteiger partial charge in [-0.25, -0.2) is 4.79 Å². The third kappa shape index (κ3) is 8.56. The fourth-order valence-corrected chi connectivity index (χ4v) is 6.77. The Bertz CT molecular complexity index is 1380. The zero-order valence-electron chi connectivity index (χ0n) is 24.5. The lowest BCUT2D eigenvalue weighted by Crippen LogP contribution is -2.49.